The van der Waals surface area contributed by atoms with E-state index in [4.69, 9.17) is 9.47 Å². The molecule has 2 atom stereocenters. The quantitative estimate of drug-likeness (QED) is 0.802. The maximum absolute atomic E-state index is 5.63. The zero-order valence-electron chi connectivity index (χ0n) is 16.2. The van der Waals surface area contributed by atoms with Gasteiger partial charge in [-0.05, 0) is 81.0 Å². The van der Waals surface area contributed by atoms with Crippen LogP contribution >= 0.6 is 0 Å². The Balaban J connectivity index is 1.45. The van der Waals surface area contributed by atoms with Crippen molar-refractivity contribution in [2.45, 2.75) is 31.7 Å². The molecule has 4 nitrogen and oxygen atoms in total. The summed E-state index contributed by atoms with van der Waals surface area (Å²) in [6.07, 6.45) is 3.73. The van der Waals surface area contributed by atoms with Gasteiger partial charge in [0.05, 0.1) is 0 Å². The first-order valence-electron chi connectivity index (χ1n) is 10.1. The highest BCUT2D eigenvalue weighted by atomic mass is 16.7. The summed E-state index contributed by atoms with van der Waals surface area (Å²) in [7, 11) is 2.23. The molecule has 2 aromatic rings. The molecular formula is C23H30N2O2. The molecule has 4 rings (SSSR count). The van der Waals surface area contributed by atoms with E-state index >= 15 is 0 Å². The van der Waals surface area contributed by atoms with Gasteiger partial charge in [-0.3, -0.25) is 0 Å². The van der Waals surface area contributed by atoms with Crippen LogP contribution in [0.25, 0.3) is 0 Å². The fraction of sp³-hybridized carbons (Fsp3) is 0.478. The molecule has 0 bridgehead atoms. The number of rotatable bonds is 7. The summed E-state index contributed by atoms with van der Waals surface area (Å²) < 4.78 is 11.1. The molecule has 2 aliphatic heterocycles. The second kappa shape index (κ2) is 8.77. The molecule has 2 heterocycles. The Labute approximate surface area is 162 Å². The van der Waals surface area contributed by atoms with Gasteiger partial charge in [0, 0.05) is 6.54 Å². The van der Waals surface area contributed by atoms with E-state index in [9.17, 15) is 0 Å². The van der Waals surface area contributed by atoms with E-state index in [1.165, 1.54) is 24.0 Å². The summed E-state index contributed by atoms with van der Waals surface area (Å²) in [5.41, 5.74) is 2.76. The Morgan fingerprint density at radius 1 is 1.11 bits per heavy atom. The van der Waals surface area contributed by atoms with Crippen LogP contribution in [0, 0.1) is 5.92 Å². The second-order valence-corrected chi connectivity index (χ2v) is 7.84. The molecule has 0 radical (unpaired) electrons. The van der Waals surface area contributed by atoms with E-state index in [1.54, 1.807) is 0 Å². The van der Waals surface area contributed by atoms with Crippen molar-refractivity contribution in [1.29, 1.82) is 0 Å². The van der Waals surface area contributed by atoms with Gasteiger partial charge in [-0.1, -0.05) is 36.4 Å². The third-order valence-electron chi connectivity index (χ3n) is 5.85. The molecule has 1 saturated heterocycles. The molecule has 2 aromatic carbocycles. The van der Waals surface area contributed by atoms with Gasteiger partial charge in [0.25, 0.3) is 0 Å². The van der Waals surface area contributed by atoms with Gasteiger partial charge in [0.15, 0.2) is 11.5 Å². The largest absolute Gasteiger partial charge is 0.454 e. The lowest BCUT2D eigenvalue weighted by molar-refractivity contribution is 0.174. The van der Waals surface area contributed by atoms with Gasteiger partial charge in [-0.15, -0.1) is 0 Å². The number of hydrogen-bond donors (Lipinski definition) is 1. The Morgan fingerprint density at radius 2 is 1.96 bits per heavy atom. The lowest BCUT2D eigenvalue weighted by Gasteiger charge is -2.32. The number of ether oxygens (including phenoxy) is 2. The van der Waals surface area contributed by atoms with E-state index in [0.717, 1.165) is 44.1 Å². The first-order chi connectivity index (χ1) is 13.3. The number of nitrogens with zero attached hydrogens (tertiary/aromatic N) is 1. The van der Waals surface area contributed by atoms with Crippen molar-refractivity contribution < 1.29 is 9.47 Å². The van der Waals surface area contributed by atoms with Gasteiger partial charge in [-0.2, -0.15) is 0 Å². The van der Waals surface area contributed by atoms with Crippen molar-refractivity contribution >= 4 is 0 Å². The predicted molar refractivity (Wildman–Crippen MR) is 108 cm³/mol. The maximum Gasteiger partial charge on any atom is 0.231 e. The molecular weight excluding hydrogens is 336 g/mol. The highest BCUT2D eigenvalue weighted by Gasteiger charge is 2.27. The van der Waals surface area contributed by atoms with Crippen molar-refractivity contribution in [2.24, 2.45) is 5.92 Å². The highest BCUT2D eigenvalue weighted by Crippen LogP contribution is 2.39. The number of benzene rings is 2. The van der Waals surface area contributed by atoms with Crippen molar-refractivity contribution in [3.05, 3.63) is 59.7 Å². The summed E-state index contributed by atoms with van der Waals surface area (Å²) in [4.78, 5) is 2.44. The Morgan fingerprint density at radius 3 is 2.78 bits per heavy atom. The first-order valence-corrected chi connectivity index (χ1v) is 10.1. The SMILES string of the molecule is CN(CCC(c1ccc2c(c1)OCO2)C1CCCNC1)Cc1ccccc1. The molecule has 27 heavy (non-hydrogen) atoms. The molecule has 1 N–H and O–H groups in total. The number of hydrogen-bond acceptors (Lipinski definition) is 4. The zero-order chi connectivity index (χ0) is 18.5. The summed E-state index contributed by atoms with van der Waals surface area (Å²) in [6.45, 7) is 4.69. The minimum Gasteiger partial charge on any atom is -0.454 e. The van der Waals surface area contributed by atoms with Gasteiger partial charge in [0.1, 0.15) is 0 Å². The van der Waals surface area contributed by atoms with E-state index in [2.05, 4.69) is 65.8 Å². The second-order valence-electron chi connectivity index (χ2n) is 7.84. The Bertz CT molecular complexity index is 728. The molecule has 0 amide bonds. The minimum absolute atomic E-state index is 0.342. The third-order valence-corrected chi connectivity index (χ3v) is 5.85. The van der Waals surface area contributed by atoms with Crippen LogP contribution in [-0.2, 0) is 6.54 Å². The first kappa shape index (κ1) is 18.3. The van der Waals surface area contributed by atoms with Crippen LogP contribution in [0.15, 0.2) is 48.5 Å². The molecule has 0 saturated carbocycles. The van der Waals surface area contributed by atoms with E-state index < -0.39 is 0 Å². The normalized spacial score (nSPS) is 20.0. The summed E-state index contributed by atoms with van der Waals surface area (Å²) in [5, 5.41) is 3.60. The average molecular weight is 367 g/mol. The monoisotopic (exact) mass is 366 g/mol. The predicted octanol–water partition coefficient (Wildman–Crippen LogP) is 4.02. The molecule has 4 heteroatoms. The Kier molecular flexibility index (Phi) is 5.95. The molecule has 144 valence electrons. The lowest BCUT2D eigenvalue weighted by atomic mass is 9.79. The van der Waals surface area contributed by atoms with Crippen LogP contribution in [0.1, 0.15) is 36.3 Å². The van der Waals surface area contributed by atoms with Crippen LogP contribution in [-0.4, -0.2) is 38.4 Å². The van der Waals surface area contributed by atoms with Crippen molar-refractivity contribution in [3.63, 3.8) is 0 Å². The van der Waals surface area contributed by atoms with Gasteiger partial charge < -0.3 is 19.7 Å². The fourth-order valence-corrected chi connectivity index (χ4v) is 4.37. The van der Waals surface area contributed by atoms with Crippen molar-refractivity contribution in [2.75, 3.05) is 33.5 Å². The molecule has 2 aliphatic rings. The van der Waals surface area contributed by atoms with Crippen LogP contribution in [0.3, 0.4) is 0 Å². The topological polar surface area (TPSA) is 33.7 Å². The summed E-state index contributed by atoms with van der Waals surface area (Å²) in [5.74, 6) is 3.01. The molecule has 2 unspecified atom stereocenters. The van der Waals surface area contributed by atoms with Crippen molar-refractivity contribution in [1.82, 2.24) is 10.2 Å². The van der Waals surface area contributed by atoms with E-state index in [1.807, 2.05) is 0 Å². The average Bonchev–Trinajstić information content (AvgIpc) is 3.18. The number of fused-ring (bicyclic) bond motifs is 1. The third kappa shape index (κ3) is 4.63. The minimum atomic E-state index is 0.342. The summed E-state index contributed by atoms with van der Waals surface area (Å²) >= 11 is 0. The fourth-order valence-electron chi connectivity index (χ4n) is 4.37. The smallest absolute Gasteiger partial charge is 0.231 e. The van der Waals surface area contributed by atoms with Crippen LogP contribution in [0.2, 0.25) is 0 Å². The van der Waals surface area contributed by atoms with E-state index in [0.29, 0.717) is 18.6 Å². The molecule has 0 aromatic heterocycles. The van der Waals surface area contributed by atoms with Crippen LogP contribution in [0.5, 0.6) is 11.5 Å². The van der Waals surface area contributed by atoms with Crippen molar-refractivity contribution in [3.8, 4) is 11.5 Å². The molecule has 1 fully saturated rings. The van der Waals surface area contributed by atoms with Gasteiger partial charge >= 0.3 is 0 Å². The van der Waals surface area contributed by atoms with Crippen LogP contribution in [0.4, 0.5) is 0 Å². The van der Waals surface area contributed by atoms with Gasteiger partial charge in [0.2, 0.25) is 6.79 Å². The lowest BCUT2D eigenvalue weighted by Crippen LogP contribution is -2.34. The molecule has 0 aliphatic carbocycles. The number of nitrogens with one attached hydrogen (secondary N) is 1. The zero-order valence-corrected chi connectivity index (χ0v) is 16.2. The van der Waals surface area contributed by atoms with Gasteiger partial charge in [-0.25, -0.2) is 0 Å². The summed E-state index contributed by atoms with van der Waals surface area (Å²) in [6, 6.07) is 17.2. The van der Waals surface area contributed by atoms with E-state index in [-0.39, 0.29) is 0 Å². The Hall–Kier alpha value is -2.04. The highest BCUT2D eigenvalue weighted by molar-refractivity contribution is 5.45. The standard InChI is InChI=1S/C23H30N2O2/c1-25(16-18-6-3-2-4-7-18)13-11-21(20-8-5-12-24-15-20)19-9-10-22-23(14-19)27-17-26-22/h2-4,6-7,9-10,14,20-21,24H,5,8,11-13,15-17H2,1H3. The van der Waals surface area contributed by atoms with Crippen LogP contribution < -0.4 is 14.8 Å². The number of piperidine rings is 1. The molecule has 0 spiro atoms. The maximum atomic E-state index is 5.63.